The Balaban J connectivity index is 1.34. The van der Waals surface area contributed by atoms with Crippen LogP contribution in [-0.2, 0) is 11.2 Å². The zero-order chi connectivity index (χ0) is 20.9. The van der Waals surface area contributed by atoms with Crippen LogP contribution in [0.5, 0.6) is 5.75 Å². The molecule has 0 fully saturated rings. The number of rotatable bonds is 7. The van der Waals surface area contributed by atoms with E-state index in [1.54, 1.807) is 11.4 Å². The lowest BCUT2D eigenvalue weighted by Crippen LogP contribution is -2.12. The van der Waals surface area contributed by atoms with Gasteiger partial charge in [-0.15, -0.1) is 11.3 Å². The molecule has 2 aromatic carbocycles. The van der Waals surface area contributed by atoms with E-state index in [1.165, 1.54) is 30.6 Å². The maximum atomic E-state index is 13.9. The van der Waals surface area contributed by atoms with Crippen molar-refractivity contribution in [1.29, 1.82) is 0 Å². The van der Waals surface area contributed by atoms with Crippen molar-refractivity contribution in [2.45, 2.75) is 12.8 Å². The summed E-state index contributed by atoms with van der Waals surface area (Å²) in [5.41, 5.74) is 2.02. The molecular weight excluding hydrogens is 407 g/mol. The molecule has 7 nitrogen and oxygen atoms in total. The average Bonchev–Trinajstić information content (AvgIpc) is 3.43. The maximum absolute atomic E-state index is 13.9. The number of carbonyl (C=O) groups is 1. The van der Waals surface area contributed by atoms with Crippen molar-refractivity contribution < 1.29 is 18.4 Å². The first-order valence-electron chi connectivity index (χ1n) is 9.09. The highest BCUT2D eigenvalue weighted by Crippen LogP contribution is 2.28. The Hall–Kier alpha value is -3.59. The number of thiazole rings is 1. The van der Waals surface area contributed by atoms with Gasteiger partial charge in [0.1, 0.15) is 0 Å². The van der Waals surface area contributed by atoms with Crippen molar-refractivity contribution >= 4 is 22.4 Å². The van der Waals surface area contributed by atoms with Crippen molar-refractivity contribution in [3.63, 3.8) is 0 Å². The summed E-state index contributed by atoms with van der Waals surface area (Å²) >= 11 is 1.26. The normalized spacial score (nSPS) is 10.7. The number of halogens is 1. The standard InChI is InChI=1S/C21H17FN4O3S/c1-28-17-8-7-14(11-15(17)22)16-12-30-21(23-16)24-18(27)9-10-19-25-20(26-29-19)13-5-3-2-4-6-13/h2-8,11-12H,9-10H2,1H3,(H,23,24,27). The highest BCUT2D eigenvalue weighted by atomic mass is 32.1. The Labute approximate surface area is 175 Å². The number of amides is 1. The Morgan fingerprint density at radius 2 is 2.00 bits per heavy atom. The Bertz CT molecular complexity index is 1160. The Morgan fingerprint density at radius 1 is 1.17 bits per heavy atom. The van der Waals surface area contributed by atoms with E-state index in [4.69, 9.17) is 9.26 Å². The summed E-state index contributed by atoms with van der Waals surface area (Å²) in [7, 11) is 1.41. The number of anilines is 1. The number of hydrogen-bond donors (Lipinski definition) is 1. The third kappa shape index (κ3) is 4.52. The van der Waals surface area contributed by atoms with Gasteiger partial charge in [-0.2, -0.15) is 4.98 Å². The number of aromatic nitrogens is 3. The average molecular weight is 424 g/mol. The summed E-state index contributed by atoms with van der Waals surface area (Å²) < 4.78 is 24.0. The third-order valence-electron chi connectivity index (χ3n) is 4.26. The number of nitrogens with zero attached hydrogens (tertiary/aromatic N) is 3. The fourth-order valence-electron chi connectivity index (χ4n) is 2.75. The van der Waals surface area contributed by atoms with Gasteiger partial charge >= 0.3 is 0 Å². The number of benzene rings is 2. The number of ether oxygens (including phenoxy) is 1. The molecular formula is C21H17FN4O3S. The summed E-state index contributed by atoms with van der Waals surface area (Å²) in [4.78, 5) is 20.9. The van der Waals surface area contributed by atoms with E-state index in [0.29, 0.717) is 34.5 Å². The van der Waals surface area contributed by atoms with Gasteiger partial charge in [-0.05, 0) is 18.2 Å². The van der Waals surface area contributed by atoms with Gasteiger partial charge in [-0.3, -0.25) is 4.79 Å². The Morgan fingerprint density at radius 3 is 2.77 bits per heavy atom. The van der Waals surface area contributed by atoms with Gasteiger partial charge < -0.3 is 14.6 Å². The second-order valence-electron chi connectivity index (χ2n) is 6.31. The number of carbonyl (C=O) groups excluding carboxylic acids is 1. The third-order valence-corrected chi connectivity index (χ3v) is 5.02. The predicted molar refractivity (Wildman–Crippen MR) is 111 cm³/mol. The summed E-state index contributed by atoms with van der Waals surface area (Å²) in [6.45, 7) is 0. The molecule has 0 radical (unpaired) electrons. The molecule has 0 atom stereocenters. The van der Waals surface area contributed by atoms with Crippen LogP contribution in [0.4, 0.5) is 9.52 Å². The van der Waals surface area contributed by atoms with Crippen molar-refractivity contribution in [2.24, 2.45) is 0 Å². The maximum Gasteiger partial charge on any atom is 0.227 e. The highest BCUT2D eigenvalue weighted by molar-refractivity contribution is 7.14. The minimum absolute atomic E-state index is 0.166. The number of methoxy groups -OCH3 is 1. The zero-order valence-electron chi connectivity index (χ0n) is 16.0. The lowest BCUT2D eigenvalue weighted by Gasteiger charge is -2.03. The molecule has 2 aromatic heterocycles. The molecule has 0 aliphatic heterocycles. The predicted octanol–water partition coefficient (Wildman–Crippen LogP) is 4.58. The van der Waals surface area contributed by atoms with Crippen LogP contribution in [0.25, 0.3) is 22.6 Å². The minimum atomic E-state index is -0.469. The van der Waals surface area contributed by atoms with Gasteiger partial charge in [0, 0.05) is 29.3 Å². The lowest BCUT2D eigenvalue weighted by atomic mass is 10.1. The molecule has 4 aromatic rings. The molecule has 0 bridgehead atoms. The molecule has 1 N–H and O–H groups in total. The summed E-state index contributed by atoms with van der Waals surface area (Å²) in [5, 5.41) is 8.86. The van der Waals surface area contributed by atoms with Crippen LogP contribution >= 0.6 is 11.3 Å². The molecule has 0 saturated carbocycles. The van der Waals surface area contributed by atoms with E-state index in [2.05, 4.69) is 20.4 Å². The largest absolute Gasteiger partial charge is 0.494 e. The van der Waals surface area contributed by atoms with Crippen LogP contribution in [0.1, 0.15) is 12.3 Å². The van der Waals surface area contributed by atoms with E-state index in [9.17, 15) is 9.18 Å². The summed E-state index contributed by atoms with van der Waals surface area (Å²) in [6.07, 6.45) is 0.482. The molecule has 9 heteroatoms. The van der Waals surface area contributed by atoms with E-state index < -0.39 is 5.82 Å². The van der Waals surface area contributed by atoms with Gasteiger partial charge in [0.15, 0.2) is 16.7 Å². The molecule has 0 aliphatic carbocycles. The SMILES string of the molecule is COc1ccc(-c2csc(NC(=O)CCc3nc(-c4ccccc4)no3)n2)cc1F. The van der Waals surface area contributed by atoms with Crippen LogP contribution in [0.15, 0.2) is 58.4 Å². The van der Waals surface area contributed by atoms with Crippen LogP contribution < -0.4 is 10.1 Å². The van der Waals surface area contributed by atoms with Gasteiger partial charge in [0.25, 0.3) is 0 Å². The monoisotopic (exact) mass is 424 g/mol. The number of hydrogen-bond acceptors (Lipinski definition) is 7. The molecule has 0 unspecified atom stereocenters. The van der Waals surface area contributed by atoms with Crippen LogP contribution in [0.3, 0.4) is 0 Å². The minimum Gasteiger partial charge on any atom is -0.494 e. The van der Waals surface area contributed by atoms with Crippen molar-refractivity contribution in [1.82, 2.24) is 15.1 Å². The van der Waals surface area contributed by atoms with Crippen LogP contribution in [-0.4, -0.2) is 28.1 Å². The molecule has 0 spiro atoms. The molecule has 4 rings (SSSR count). The van der Waals surface area contributed by atoms with Crippen molar-refractivity contribution in [3.8, 4) is 28.4 Å². The molecule has 152 valence electrons. The van der Waals surface area contributed by atoms with Crippen LogP contribution in [0.2, 0.25) is 0 Å². The smallest absolute Gasteiger partial charge is 0.227 e. The first kappa shape index (κ1) is 19.7. The topological polar surface area (TPSA) is 90.1 Å². The fourth-order valence-corrected chi connectivity index (χ4v) is 3.49. The summed E-state index contributed by atoms with van der Waals surface area (Å²) in [5.74, 6) is 0.345. The number of nitrogens with one attached hydrogen (secondary N) is 1. The van der Waals surface area contributed by atoms with Crippen molar-refractivity contribution in [3.05, 3.63) is 65.6 Å². The van der Waals surface area contributed by atoms with Gasteiger partial charge in [0.05, 0.1) is 12.8 Å². The van der Waals surface area contributed by atoms with E-state index in [-0.39, 0.29) is 18.1 Å². The first-order chi connectivity index (χ1) is 14.6. The van der Waals surface area contributed by atoms with Crippen LogP contribution in [0, 0.1) is 5.82 Å². The lowest BCUT2D eigenvalue weighted by molar-refractivity contribution is -0.116. The molecule has 2 heterocycles. The second kappa shape index (κ2) is 8.83. The van der Waals surface area contributed by atoms with E-state index in [1.807, 2.05) is 30.3 Å². The molecule has 1 amide bonds. The highest BCUT2D eigenvalue weighted by Gasteiger charge is 2.13. The number of aryl methyl sites for hydroxylation is 1. The van der Waals surface area contributed by atoms with Gasteiger partial charge in [-0.1, -0.05) is 35.5 Å². The zero-order valence-corrected chi connectivity index (χ0v) is 16.8. The Kier molecular flexibility index (Phi) is 5.80. The van der Waals surface area contributed by atoms with E-state index >= 15 is 0 Å². The quantitative estimate of drug-likeness (QED) is 0.467. The molecule has 0 aliphatic rings. The van der Waals surface area contributed by atoms with Crippen molar-refractivity contribution in [2.75, 3.05) is 12.4 Å². The van der Waals surface area contributed by atoms with E-state index in [0.717, 1.165) is 5.56 Å². The van der Waals surface area contributed by atoms with Gasteiger partial charge in [-0.25, -0.2) is 9.37 Å². The summed E-state index contributed by atoms with van der Waals surface area (Å²) in [6, 6.07) is 14.1. The van der Waals surface area contributed by atoms with Gasteiger partial charge in [0.2, 0.25) is 17.6 Å². The molecule has 30 heavy (non-hydrogen) atoms. The second-order valence-corrected chi connectivity index (χ2v) is 7.17. The molecule has 0 saturated heterocycles. The fraction of sp³-hybridized carbons (Fsp3) is 0.143. The first-order valence-corrected chi connectivity index (χ1v) is 9.97.